The molecule has 1 amide bonds. The van der Waals surface area contributed by atoms with Crippen LogP contribution in [0.1, 0.15) is 29.3 Å². The largest absolute Gasteiger partial charge is 0.348 e. The summed E-state index contributed by atoms with van der Waals surface area (Å²) in [7, 11) is 0. The topological polar surface area (TPSA) is 66.4 Å². The standard InChI is InChI=1S/C20H20N4O/c1-2-12-22-24-19-13-17(16-10-6-7-11-18(16)23-19)20(25)21-14-15-8-4-3-5-9-15/h3-13H,2,14H2,1H3,(H,21,25)(H,23,24)/b22-12+. The van der Waals surface area contributed by atoms with Gasteiger partial charge in [0.25, 0.3) is 5.91 Å². The van der Waals surface area contributed by atoms with E-state index in [1.807, 2.05) is 61.5 Å². The Morgan fingerprint density at radius 2 is 1.88 bits per heavy atom. The zero-order chi connectivity index (χ0) is 17.5. The number of nitrogens with zero attached hydrogens (tertiary/aromatic N) is 2. The molecule has 2 N–H and O–H groups in total. The number of para-hydroxylation sites is 1. The van der Waals surface area contributed by atoms with E-state index in [0.717, 1.165) is 22.9 Å². The molecule has 0 fully saturated rings. The highest BCUT2D eigenvalue weighted by molar-refractivity contribution is 6.06. The predicted octanol–water partition coefficient (Wildman–Crippen LogP) is 3.97. The third-order valence-corrected chi connectivity index (χ3v) is 3.71. The van der Waals surface area contributed by atoms with E-state index in [9.17, 15) is 4.79 Å². The van der Waals surface area contributed by atoms with E-state index in [4.69, 9.17) is 0 Å². The van der Waals surface area contributed by atoms with Gasteiger partial charge < -0.3 is 5.32 Å². The van der Waals surface area contributed by atoms with Crippen LogP contribution in [0.3, 0.4) is 0 Å². The minimum Gasteiger partial charge on any atom is -0.348 e. The monoisotopic (exact) mass is 332 g/mol. The number of benzene rings is 2. The molecule has 25 heavy (non-hydrogen) atoms. The van der Waals surface area contributed by atoms with E-state index in [1.54, 1.807) is 12.3 Å². The van der Waals surface area contributed by atoms with Crippen LogP contribution >= 0.6 is 0 Å². The summed E-state index contributed by atoms with van der Waals surface area (Å²) >= 11 is 0. The molecular weight excluding hydrogens is 312 g/mol. The van der Waals surface area contributed by atoms with Gasteiger partial charge in [-0.15, -0.1) is 0 Å². The Kier molecular flexibility index (Phi) is 5.36. The molecule has 0 bridgehead atoms. The van der Waals surface area contributed by atoms with Crippen molar-refractivity contribution in [3.8, 4) is 0 Å². The molecule has 1 heterocycles. The molecule has 0 saturated heterocycles. The Morgan fingerprint density at radius 1 is 1.12 bits per heavy atom. The third-order valence-electron chi connectivity index (χ3n) is 3.71. The van der Waals surface area contributed by atoms with Gasteiger partial charge in [-0.25, -0.2) is 4.98 Å². The number of pyridine rings is 1. The van der Waals surface area contributed by atoms with Gasteiger partial charge in [-0.05, 0) is 24.1 Å². The number of hydrazone groups is 1. The maximum atomic E-state index is 12.7. The van der Waals surface area contributed by atoms with Crippen molar-refractivity contribution < 1.29 is 4.79 Å². The highest BCUT2D eigenvalue weighted by Gasteiger charge is 2.12. The SMILES string of the molecule is CC/C=N/Nc1cc(C(=O)NCc2ccccc2)c2ccccc2n1. The first-order chi connectivity index (χ1) is 12.3. The second kappa shape index (κ2) is 8.06. The van der Waals surface area contributed by atoms with Crippen molar-refractivity contribution in [1.82, 2.24) is 10.3 Å². The molecule has 0 saturated carbocycles. The minimum atomic E-state index is -0.134. The molecule has 0 aliphatic heterocycles. The predicted molar refractivity (Wildman–Crippen MR) is 102 cm³/mol. The molecule has 5 heteroatoms. The lowest BCUT2D eigenvalue weighted by Gasteiger charge is -2.10. The average Bonchev–Trinajstić information content (AvgIpc) is 2.66. The number of fused-ring (bicyclic) bond motifs is 1. The third kappa shape index (κ3) is 4.20. The van der Waals surface area contributed by atoms with Gasteiger partial charge in [0.05, 0.1) is 11.1 Å². The smallest absolute Gasteiger partial charge is 0.252 e. The van der Waals surface area contributed by atoms with Gasteiger partial charge in [-0.2, -0.15) is 5.10 Å². The van der Waals surface area contributed by atoms with Gasteiger partial charge in [-0.3, -0.25) is 10.2 Å². The summed E-state index contributed by atoms with van der Waals surface area (Å²) < 4.78 is 0. The van der Waals surface area contributed by atoms with E-state index >= 15 is 0 Å². The first-order valence-corrected chi connectivity index (χ1v) is 8.27. The Balaban J connectivity index is 1.87. The lowest BCUT2D eigenvalue weighted by atomic mass is 10.1. The summed E-state index contributed by atoms with van der Waals surface area (Å²) in [5.74, 6) is 0.415. The quantitative estimate of drug-likeness (QED) is 0.530. The van der Waals surface area contributed by atoms with E-state index in [-0.39, 0.29) is 5.91 Å². The summed E-state index contributed by atoms with van der Waals surface area (Å²) in [6.07, 6.45) is 2.58. The fourth-order valence-corrected chi connectivity index (χ4v) is 2.50. The Morgan fingerprint density at radius 3 is 2.68 bits per heavy atom. The van der Waals surface area contributed by atoms with Gasteiger partial charge >= 0.3 is 0 Å². The molecule has 2 aromatic carbocycles. The number of carbonyl (C=O) groups excluding carboxylic acids is 1. The highest BCUT2D eigenvalue weighted by Crippen LogP contribution is 2.21. The van der Waals surface area contributed by atoms with Crippen LogP contribution in [0.25, 0.3) is 10.9 Å². The summed E-state index contributed by atoms with van der Waals surface area (Å²) in [5.41, 5.74) is 5.27. The van der Waals surface area contributed by atoms with Gasteiger partial charge in [0.2, 0.25) is 0 Å². The Hall–Kier alpha value is -3.21. The van der Waals surface area contributed by atoms with Crippen LogP contribution in [-0.2, 0) is 6.54 Å². The molecule has 0 radical (unpaired) electrons. The number of hydrogen-bond donors (Lipinski definition) is 2. The fourth-order valence-electron chi connectivity index (χ4n) is 2.50. The van der Waals surface area contributed by atoms with Crippen molar-refractivity contribution in [3.63, 3.8) is 0 Å². The first-order valence-electron chi connectivity index (χ1n) is 8.27. The lowest BCUT2D eigenvalue weighted by Crippen LogP contribution is -2.23. The van der Waals surface area contributed by atoms with E-state index < -0.39 is 0 Å². The van der Waals surface area contributed by atoms with Gasteiger partial charge in [0.15, 0.2) is 0 Å². The maximum Gasteiger partial charge on any atom is 0.252 e. The minimum absolute atomic E-state index is 0.134. The zero-order valence-electron chi connectivity index (χ0n) is 14.1. The van der Waals surface area contributed by atoms with E-state index in [1.165, 1.54) is 0 Å². The number of nitrogens with one attached hydrogen (secondary N) is 2. The molecule has 126 valence electrons. The molecule has 0 atom stereocenters. The number of aromatic nitrogens is 1. The van der Waals surface area contributed by atoms with Crippen LogP contribution in [0.2, 0.25) is 0 Å². The maximum absolute atomic E-state index is 12.7. The summed E-state index contributed by atoms with van der Waals surface area (Å²) in [4.78, 5) is 17.2. The van der Waals surface area contributed by atoms with Crippen molar-refractivity contribution in [1.29, 1.82) is 0 Å². The number of anilines is 1. The Labute approximate surface area is 146 Å². The van der Waals surface area contributed by atoms with Gasteiger partial charge in [0, 0.05) is 18.1 Å². The van der Waals surface area contributed by atoms with E-state index in [0.29, 0.717) is 17.9 Å². The van der Waals surface area contributed by atoms with Crippen LogP contribution in [0.15, 0.2) is 65.8 Å². The normalized spacial score (nSPS) is 10.9. The van der Waals surface area contributed by atoms with Gasteiger partial charge in [-0.1, -0.05) is 55.5 Å². The van der Waals surface area contributed by atoms with Crippen molar-refractivity contribution >= 4 is 28.8 Å². The number of amides is 1. The van der Waals surface area contributed by atoms with Crippen LogP contribution < -0.4 is 10.7 Å². The highest BCUT2D eigenvalue weighted by atomic mass is 16.1. The van der Waals surface area contributed by atoms with Crippen LogP contribution in [0, 0.1) is 0 Å². The summed E-state index contributed by atoms with van der Waals surface area (Å²) in [5, 5.41) is 7.88. The number of rotatable bonds is 6. The van der Waals surface area contributed by atoms with Crippen molar-refractivity contribution in [3.05, 3.63) is 71.8 Å². The van der Waals surface area contributed by atoms with Crippen molar-refractivity contribution in [2.24, 2.45) is 5.10 Å². The van der Waals surface area contributed by atoms with Crippen LogP contribution in [-0.4, -0.2) is 17.1 Å². The lowest BCUT2D eigenvalue weighted by molar-refractivity contribution is 0.0952. The fraction of sp³-hybridized carbons (Fsp3) is 0.150. The Bertz CT molecular complexity index is 891. The van der Waals surface area contributed by atoms with Crippen molar-refractivity contribution in [2.75, 3.05) is 5.43 Å². The number of hydrogen-bond acceptors (Lipinski definition) is 4. The second-order valence-electron chi connectivity index (χ2n) is 5.57. The number of carbonyl (C=O) groups is 1. The molecule has 3 rings (SSSR count). The molecule has 0 aliphatic rings. The molecular formula is C20H20N4O. The van der Waals surface area contributed by atoms with Crippen molar-refractivity contribution in [2.45, 2.75) is 19.9 Å². The van der Waals surface area contributed by atoms with Crippen LogP contribution in [0.4, 0.5) is 5.82 Å². The summed E-state index contributed by atoms with van der Waals surface area (Å²) in [6.45, 7) is 2.48. The molecule has 1 aromatic heterocycles. The molecule has 5 nitrogen and oxygen atoms in total. The van der Waals surface area contributed by atoms with Gasteiger partial charge in [0.1, 0.15) is 5.82 Å². The second-order valence-corrected chi connectivity index (χ2v) is 5.57. The first kappa shape index (κ1) is 16.6. The van der Waals surface area contributed by atoms with E-state index in [2.05, 4.69) is 20.8 Å². The molecule has 3 aromatic rings. The molecule has 0 unspecified atom stereocenters. The molecule has 0 spiro atoms. The molecule has 0 aliphatic carbocycles. The van der Waals surface area contributed by atoms with Crippen LogP contribution in [0.5, 0.6) is 0 Å². The zero-order valence-corrected chi connectivity index (χ0v) is 14.1. The average molecular weight is 332 g/mol. The summed E-state index contributed by atoms with van der Waals surface area (Å²) in [6, 6.07) is 19.2.